The van der Waals surface area contributed by atoms with E-state index in [2.05, 4.69) is 4.99 Å². The average Bonchev–Trinajstić information content (AvgIpc) is 2.57. The fourth-order valence-corrected chi connectivity index (χ4v) is 1.26. The first-order chi connectivity index (χ1) is 7.29. The lowest BCUT2D eigenvalue weighted by molar-refractivity contribution is -0.644. The predicted octanol–water partition coefficient (Wildman–Crippen LogP) is 1.50. The minimum absolute atomic E-state index is 0.231. The van der Waals surface area contributed by atoms with Crippen LogP contribution in [0, 0.1) is 0 Å². The van der Waals surface area contributed by atoms with Crippen LogP contribution in [-0.2, 0) is 0 Å². The summed E-state index contributed by atoms with van der Waals surface area (Å²) in [6.07, 6.45) is 3.13. The Balaban J connectivity index is 0.000000221. The molecule has 16 heavy (non-hydrogen) atoms. The zero-order valence-corrected chi connectivity index (χ0v) is 8.38. The van der Waals surface area contributed by atoms with E-state index in [4.69, 9.17) is 0 Å². The number of nitrogens with zero attached hydrogens (tertiary/aromatic N) is 3. The van der Waals surface area contributed by atoms with Crippen molar-refractivity contribution in [1.82, 2.24) is 5.01 Å². The lowest BCUT2D eigenvalue weighted by atomic mass is 10.3. The molecule has 0 aliphatic carbocycles. The highest BCUT2D eigenvalue weighted by Gasteiger charge is 2.28. The van der Waals surface area contributed by atoms with Crippen molar-refractivity contribution in [2.75, 3.05) is 20.1 Å². The largest absolute Gasteiger partial charge is 0.673 e. The highest BCUT2D eigenvalue weighted by atomic mass is 19.5. The summed E-state index contributed by atoms with van der Waals surface area (Å²) in [5, 5.41) is 1.81. The Morgan fingerprint density at radius 2 is 1.88 bits per heavy atom. The first-order valence-corrected chi connectivity index (χ1v) is 4.42. The van der Waals surface area contributed by atoms with Gasteiger partial charge in [0.1, 0.15) is 0 Å². The molecule has 0 spiro atoms. The highest BCUT2D eigenvalue weighted by molar-refractivity contribution is 6.50. The topological polar surface area (TPSA) is 18.6 Å². The third-order valence-corrected chi connectivity index (χ3v) is 1.89. The Labute approximate surface area is 88.6 Å². The van der Waals surface area contributed by atoms with Crippen molar-refractivity contribution in [1.29, 1.82) is 0 Å². The summed E-state index contributed by atoms with van der Waals surface area (Å²) in [4.78, 5) is 4.18. The van der Waals surface area contributed by atoms with Gasteiger partial charge in [0, 0.05) is 6.08 Å². The maximum Gasteiger partial charge on any atom is 0.673 e. The summed E-state index contributed by atoms with van der Waals surface area (Å²) >= 11 is 0. The number of hydrogen-bond donors (Lipinski definition) is 0. The quantitative estimate of drug-likeness (QED) is 0.357. The Kier molecular flexibility index (Phi) is 3.66. The normalized spacial score (nSPS) is 19.1. The van der Waals surface area contributed by atoms with Crippen molar-refractivity contribution in [2.45, 2.75) is 0 Å². The van der Waals surface area contributed by atoms with Gasteiger partial charge >= 0.3 is 13.2 Å². The average molecular weight is 241 g/mol. The Morgan fingerprint density at radius 3 is 2.44 bits per heavy atom. The van der Waals surface area contributed by atoms with E-state index in [0.717, 1.165) is 18.9 Å². The molecule has 0 aromatic rings. The van der Waals surface area contributed by atoms with Crippen LogP contribution in [0.2, 0.25) is 0 Å². The van der Waals surface area contributed by atoms with Crippen LogP contribution in [-0.4, -0.2) is 48.9 Å². The van der Waals surface area contributed by atoms with Gasteiger partial charge in [-0.1, -0.05) is 4.68 Å². The third-order valence-electron chi connectivity index (χ3n) is 1.89. The molecule has 0 saturated carbocycles. The highest BCUT2D eigenvalue weighted by Crippen LogP contribution is 2.08. The Hall–Kier alpha value is -1.41. The number of amidine groups is 1. The molecule has 0 radical (unpaired) electrons. The van der Waals surface area contributed by atoms with E-state index in [9.17, 15) is 21.7 Å². The zero-order chi connectivity index (χ0) is 12.3. The van der Waals surface area contributed by atoms with E-state index >= 15 is 0 Å². The van der Waals surface area contributed by atoms with Gasteiger partial charge in [-0.25, -0.2) is 0 Å². The molecule has 0 bridgehead atoms. The summed E-state index contributed by atoms with van der Waals surface area (Å²) < 4.78 is 53.4. The first-order valence-electron chi connectivity index (χ1n) is 4.42. The molecule has 2 aliphatic heterocycles. The molecule has 9 heteroatoms. The molecule has 0 unspecified atom stereocenters. The summed E-state index contributed by atoms with van der Waals surface area (Å²) in [5.41, 5.74) is 0. The second-order valence-corrected chi connectivity index (χ2v) is 3.04. The number of hydrogen-bond acceptors (Lipinski definition) is 2. The van der Waals surface area contributed by atoms with Crippen LogP contribution in [0.15, 0.2) is 17.1 Å². The van der Waals surface area contributed by atoms with Crippen molar-refractivity contribution in [2.24, 2.45) is 4.99 Å². The number of allylic oxidation sites excluding steroid dienone is 1. The minimum Gasteiger partial charge on any atom is -0.418 e. The molecule has 0 N–H and O–H groups in total. The van der Waals surface area contributed by atoms with Crippen molar-refractivity contribution in [3.63, 3.8) is 0 Å². The molecular weight excluding hydrogens is 232 g/mol. The smallest absolute Gasteiger partial charge is 0.418 e. The van der Waals surface area contributed by atoms with E-state index in [1.165, 1.54) is 10.8 Å². The number of fused-ring (bicyclic) bond motifs is 1. The second-order valence-electron chi connectivity index (χ2n) is 3.04. The van der Waals surface area contributed by atoms with E-state index in [0.29, 0.717) is 0 Å². The fraction of sp³-hybridized carbons (Fsp3) is 0.429. The molecule has 3 nitrogen and oxygen atoms in total. The summed E-state index contributed by atoms with van der Waals surface area (Å²) in [5.74, 6) is 0.625. The van der Waals surface area contributed by atoms with E-state index in [1.54, 1.807) is 13.1 Å². The Bertz CT molecular complexity index is 354. The first kappa shape index (κ1) is 12.7. The fourth-order valence-electron chi connectivity index (χ4n) is 1.26. The van der Waals surface area contributed by atoms with Crippen LogP contribution in [0.3, 0.4) is 0 Å². The molecule has 0 atom stereocenters. The third kappa shape index (κ3) is 3.63. The van der Waals surface area contributed by atoms with Gasteiger partial charge in [-0.3, -0.25) is 4.99 Å². The van der Waals surface area contributed by atoms with E-state index in [-0.39, 0.29) is 5.97 Å². The van der Waals surface area contributed by atoms with E-state index < -0.39 is 7.25 Å². The molecule has 0 saturated heterocycles. The lowest BCUT2D eigenvalue weighted by Crippen LogP contribution is -2.39. The van der Waals surface area contributed by atoms with Crippen LogP contribution in [0.4, 0.5) is 21.7 Å². The number of rotatable bonds is 0. The molecule has 0 aromatic heterocycles. The van der Waals surface area contributed by atoms with Gasteiger partial charge in [0.2, 0.25) is 0 Å². The summed E-state index contributed by atoms with van der Waals surface area (Å²) in [6, 6.07) is 0. The second kappa shape index (κ2) is 4.62. The number of hydrazine groups is 1. The zero-order valence-electron chi connectivity index (χ0n) is 8.38. The molecule has 0 aromatic carbocycles. The van der Waals surface area contributed by atoms with Crippen LogP contribution in [0.1, 0.15) is 0 Å². The van der Waals surface area contributed by atoms with Crippen molar-refractivity contribution >= 4 is 19.1 Å². The molecule has 2 rings (SSSR count). The maximum atomic E-state index is 12.9. The van der Waals surface area contributed by atoms with Gasteiger partial charge in [0.25, 0.3) is 0 Å². The SMILES string of the molecule is C[N+]1=C(F)C=CC2=NCCN21.F[B-](F)(F)F. The standard InChI is InChI=1S/C7H9FN3.BF4/c1-10-6(8)2-3-7-9-4-5-11(7)10;2-1(3,4)5/h2-3H,4-5H2,1H3;/q+1;-1. The van der Waals surface area contributed by atoms with Crippen molar-refractivity contribution in [3.8, 4) is 0 Å². The maximum absolute atomic E-state index is 12.9. The predicted molar refractivity (Wildman–Crippen MR) is 50.6 cm³/mol. The lowest BCUT2D eigenvalue weighted by Gasteiger charge is -2.13. The van der Waals surface area contributed by atoms with Crippen LogP contribution in [0.25, 0.3) is 0 Å². The molecule has 2 heterocycles. The van der Waals surface area contributed by atoms with Gasteiger partial charge in [-0.05, 0) is 6.08 Å². The van der Waals surface area contributed by atoms with Crippen LogP contribution >= 0.6 is 0 Å². The van der Waals surface area contributed by atoms with Crippen LogP contribution < -0.4 is 0 Å². The van der Waals surface area contributed by atoms with Gasteiger partial charge in [0.05, 0.1) is 13.1 Å². The molecule has 2 aliphatic rings. The van der Waals surface area contributed by atoms with Gasteiger partial charge in [-0.2, -0.15) is 0 Å². The molecule has 0 amide bonds. The number of aliphatic imine (C=N–C) groups is 1. The molecular formula is C7H9BF5N3. The van der Waals surface area contributed by atoms with Crippen molar-refractivity contribution in [3.05, 3.63) is 12.2 Å². The van der Waals surface area contributed by atoms with Crippen molar-refractivity contribution < 1.29 is 26.3 Å². The Morgan fingerprint density at radius 1 is 1.31 bits per heavy atom. The number of halogens is 5. The van der Waals surface area contributed by atoms with E-state index in [1.807, 2.05) is 5.01 Å². The molecule has 90 valence electrons. The monoisotopic (exact) mass is 241 g/mol. The summed E-state index contributed by atoms with van der Waals surface area (Å²) in [6.45, 7) is 1.54. The van der Waals surface area contributed by atoms with Gasteiger partial charge < -0.3 is 17.3 Å². The van der Waals surface area contributed by atoms with Gasteiger partial charge in [0.15, 0.2) is 12.9 Å². The van der Waals surface area contributed by atoms with Gasteiger partial charge in [-0.15, -0.1) is 9.40 Å². The minimum atomic E-state index is -6.00. The van der Waals surface area contributed by atoms with Crippen LogP contribution in [0.5, 0.6) is 0 Å². The number of hydrazone groups is 1. The summed E-state index contributed by atoms with van der Waals surface area (Å²) in [7, 11) is -4.31. The molecule has 0 fully saturated rings.